The normalized spacial score (nSPS) is 11.1. The average molecular weight is 554 g/mol. The van der Waals surface area contributed by atoms with Crippen LogP contribution < -0.4 is 5.32 Å². The molecule has 0 heterocycles. The minimum atomic E-state index is -0.345. The Hall–Kier alpha value is -1.71. The van der Waals surface area contributed by atoms with Crippen LogP contribution in [0, 0.1) is 0 Å². The average Bonchev–Trinajstić information content (AvgIpc) is 2.95. The van der Waals surface area contributed by atoms with Crippen LogP contribution in [0.5, 0.6) is 0 Å². The molecule has 8 heteroatoms. The Morgan fingerprint density at radius 2 is 0.974 bits per heavy atom. The Morgan fingerprint density at radius 3 is 1.49 bits per heavy atom. The van der Waals surface area contributed by atoms with E-state index in [1.807, 2.05) is 12.1 Å². The van der Waals surface area contributed by atoms with Gasteiger partial charge in [0.05, 0.1) is 65.0 Å². The molecular formula is C31H55NO7. The second-order valence-corrected chi connectivity index (χ2v) is 9.53. The number of hydrogen-bond donors (Lipinski definition) is 1. The molecule has 0 spiro atoms. The first-order valence-corrected chi connectivity index (χ1v) is 15.2. The van der Waals surface area contributed by atoms with E-state index in [-0.39, 0.29) is 12.6 Å². The first kappa shape index (κ1) is 35.3. The lowest BCUT2D eigenvalue weighted by molar-refractivity contribution is -0.0153. The SMILES string of the molecule is CCCCCCCCCCOCCOCCOCCOCCOCCOC(=O)c1ccc(NCCCC)cc1. The van der Waals surface area contributed by atoms with Crippen LogP contribution in [0.1, 0.15) is 88.4 Å². The molecule has 1 rings (SSSR count). The number of benzene rings is 1. The lowest BCUT2D eigenvalue weighted by Gasteiger charge is -2.09. The van der Waals surface area contributed by atoms with Crippen molar-refractivity contribution in [3.8, 4) is 0 Å². The van der Waals surface area contributed by atoms with Crippen molar-refractivity contribution >= 4 is 11.7 Å². The first-order valence-electron chi connectivity index (χ1n) is 15.2. The van der Waals surface area contributed by atoms with Crippen LogP contribution in [0.3, 0.4) is 0 Å². The van der Waals surface area contributed by atoms with Crippen molar-refractivity contribution in [2.45, 2.75) is 78.1 Å². The summed E-state index contributed by atoms with van der Waals surface area (Å²) in [5.41, 5.74) is 1.54. The molecule has 0 fully saturated rings. The molecule has 1 aromatic rings. The monoisotopic (exact) mass is 553 g/mol. The number of hydrogen-bond acceptors (Lipinski definition) is 8. The van der Waals surface area contributed by atoms with Crippen molar-refractivity contribution in [1.82, 2.24) is 0 Å². The Morgan fingerprint density at radius 1 is 0.538 bits per heavy atom. The summed E-state index contributed by atoms with van der Waals surface area (Å²) < 4.78 is 32.8. The Bertz CT molecular complexity index is 657. The van der Waals surface area contributed by atoms with E-state index in [0.29, 0.717) is 65.0 Å². The zero-order chi connectivity index (χ0) is 28.1. The molecule has 0 aromatic heterocycles. The van der Waals surface area contributed by atoms with E-state index >= 15 is 0 Å². The number of ether oxygens (including phenoxy) is 6. The summed E-state index contributed by atoms with van der Waals surface area (Å²) in [7, 11) is 0. The van der Waals surface area contributed by atoms with E-state index in [4.69, 9.17) is 28.4 Å². The highest BCUT2D eigenvalue weighted by Gasteiger charge is 2.06. The predicted molar refractivity (Wildman–Crippen MR) is 157 cm³/mol. The molecule has 8 nitrogen and oxygen atoms in total. The fourth-order valence-corrected chi connectivity index (χ4v) is 3.73. The third-order valence-electron chi connectivity index (χ3n) is 6.07. The molecule has 1 aromatic carbocycles. The van der Waals surface area contributed by atoms with Crippen LogP contribution in [-0.2, 0) is 28.4 Å². The number of carbonyl (C=O) groups excluding carboxylic acids is 1. The quantitative estimate of drug-likeness (QED) is 0.0917. The molecule has 0 aliphatic heterocycles. The van der Waals surface area contributed by atoms with Gasteiger partial charge in [0, 0.05) is 18.8 Å². The number of carbonyl (C=O) groups is 1. The molecule has 0 radical (unpaired) electrons. The van der Waals surface area contributed by atoms with Gasteiger partial charge in [0.2, 0.25) is 0 Å². The van der Waals surface area contributed by atoms with Crippen LogP contribution in [0.25, 0.3) is 0 Å². The second-order valence-electron chi connectivity index (χ2n) is 9.53. The molecule has 39 heavy (non-hydrogen) atoms. The van der Waals surface area contributed by atoms with Crippen molar-refractivity contribution in [2.75, 3.05) is 84.5 Å². The second kappa shape index (κ2) is 27.8. The topological polar surface area (TPSA) is 84.5 Å². The number of esters is 1. The summed E-state index contributed by atoms with van der Waals surface area (Å²) in [6, 6.07) is 7.33. The molecule has 0 saturated carbocycles. The first-order chi connectivity index (χ1) is 19.3. The zero-order valence-corrected chi connectivity index (χ0v) is 24.7. The van der Waals surface area contributed by atoms with Gasteiger partial charge in [0.15, 0.2) is 0 Å². The van der Waals surface area contributed by atoms with E-state index < -0.39 is 0 Å². The highest BCUT2D eigenvalue weighted by molar-refractivity contribution is 5.89. The van der Waals surface area contributed by atoms with Crippen LogP contribution >= 0.6 is 0 Å². The molecule has 0 aliphatic rings. The summed E-state index contributed by atoms with van der Waals surface area (Å²) in [6.45, 7) is 11.0. The largest absolute Gasteiger partial charge is 0.460 e. The molecule has 0 bridgehead atoms. The number of nitrogens with one attached hydrogen (secondary N) is 1. The van der Waals surface area contributed by atoms with Crippen molar-refractivity contribution in [3.63, 3.8) is 0 Å². The predicted octanol–water partition coefficient (Wildman–Crippen LogP) is 6.28. The summed E-state index contributed by atoms with van der Waals surface area (Å²) in [4.78, 5) is 12.1. The smallest absolute Gasteiger partial charge is 0.338 e. The van der Waals surface area contributed by atoms with Gasteiger partial charge in [-0.3, -0.25) is 0 Å². The van der Waals surface area contributed by atoms with Crippen LogP contribution in [0.4, 0.5) is 5.69 Å². The molecular weight excluding hydrogens is 498 g/mol. The maximum atomic E-state index is 12.1. The van der Waals surface area contributed by atoms with Crippen molar-refractivity contribution in [1.29, 1.82) is 0 Å². The minimum absolute atomic E-state index is 0.211. The maximum absolute atomic E-state index is 12.1. The summed E-state index contributed by atoms with van der Waals surface area (Å²) in [5, 5.41) is 3.32. The fraction of sp³-hybridized carbons (Fsp3) is 0.774. The van der Waals surface area contributed by atoms with Crippen molar-refractivity contribution in [2.24, 2.45) is 0 Å². The third kappa shape index (κ3) is 22.8. The lowest BCUT2D eigenvalue weighted by Crippen LogP contribution is -2.15. The van der Waals surface area contributed by atoms with Crippen molar-refractivity contribution in [3.05, 3.63) is 29.8 Å². The molecule has 0 saturated heterocycles. The van der Waals surface area contributed by atoms with Gasteiger partial charge in [-0.2, -0.15) is 0 Å². The van der Waals surface area contributed by atoms with E-state index in [1.165, 1.54) is 44.9 Å². The molecule has 0 amide bonds. The van der Waals surface area contributed by atoms with Gasteiger partial charge < -0.3 is 33.7 Å². The van der Waals surface area contributed by atoms with E-state index in [1.54, 1.807) is 12.1 Å². The van der Waals surface area contributed by atoms with Gasteiger partial charge in [0.1, 0.15) is 6.61 Å². The molecule has 0 aliphatic carbocycles. The highest BCUT2D eigenvalue weighted by atomic mass is 16.6. The highest BCUT2D eigenvalue weighted by Crippen LogP contribution is 2.11. The molecule has 0 atom stereocenters. The van der Waals surface area contributed by atoms with Gasteiger partial charge in [-0.15, -0.1) is 0 Å². The number of rotatable bonds is 29. The lowest BCUT2D eigenvalue weighted by atomic mass is 10.1. The van der Waals surface area contributed by atoms with Gasteiger partial charge in [-0.05, 0) is 37.1 Å². The van der Waals surface area contributed by atoms with Crippen LogP contribution in [0.2, 0.25) is 0 Å². The minimum Gasteiger partial charge on any atom is -0.460 e. The Kier molecular flexibility index (Phi) is 25.2. The van der Waals surface area contributed by atoms with Gasteiger partial charge >= 0.3 is 5.97 Å². The summed E-state index contributed by atoms with van der Waals surface area (Å²) in [6.07, 6.45) is 12.8. The van der Waals surface area contributed by atoms with Gasteiger partial charge in [-0.1, -0.05) is 65.2 Å². The van der Waals surface area contributed by atoms with E-state index in [9.17, 15) is 4.79 Å². The Balaban J connectivity index is 1.77. The van der Waals surface area contributed by atoms with Gasteiger partial charge in [0.25, 0.3) is 0 Å². The standard InChI is InChI=1S/C31H55NO7/c1-3-5-7-8-9-10-11-12-18-34-19-20-35-21-22-36-23-24-37-25-26-38-27-28-39-31(33)29-13-15-30(16-14-29)32-17-6-4-2/h13-16,32H,3-12,17-28H2,1-2H3. The fourth-order valence-electron chi connectivity index (χ4n) is 3.73. The third-order valence-corrected chi connectivity index (χ3v) is 6.07. The number of unbranched alkanes of at least 4 members (excludes halogenated alkanes) is 8. The van der Waals surface area contributed by atoms with Crippen LogP contribution in [0.15, 0.2) is 24.3 Å². The van der Waals surface area contributed by atoms with E-state index in [2.05, 4.69) is 19.2 Å². The van der Waals surface area contributed by atoms with Gasteiger partial charge in [-0.25, -0.2) is 4.79 Å². The summed E-state index contributed by atoms with van der Waals surface area (Å²) in [5.74, 6) is -0.345. The summed E-state index contributed by atoms with van der Waals surface area (Å²) >= 11 is 0. The number of anilines is 1. The Labute approximate surface area is 237 Å². The zero-order valence-electron chi connectivity index (χ0n) is 24.7. The van der Waals surface area contributed by atoms with Crippen LogP contribution in [-0.4, -0.2) is 85.2 Å². The maximum Gasteiger partial charge on any atom is 0.338 e. The molecule has 1 N–H and O–H groups in total. The van der Waals surface area contributed by atoms with E-state index in [0.717, 1.165) is 38.1 Å². The molecule has 0 unspecified atom stereocenters. The van der Waals surface area contributed by atoms with Crippen molar-refractivity contribution < 1.29 is 33.2 Å². The molecule has 226 valence electrons.